The molecule has 5 nitrogen and oxygen atoms in total. The summed E-state index contributed by atoms with van der Waals surface area (Å²) in [6.07, 6.45) is 5.35. The van der Waals surface area contributed by atoms with E-state index in [1.807, 2.05) is 19.1 Å². The molecule has 1 fully saturated rings. The lowest BCUT2D eigenvalue weighted by Gasteiger charge is -2.28. The Labute approximate surface area is 117 Å². The highest BCUT2D eigenvalue weighted by atomic mass is 16.3. The zero-order valence-corrected chi connectivity index (χ0v) is 11.4. The SMILES string of the molecule is Cc1ccc(-c2cnc(N3CCC(C#N)CC3)nc2)o1. The Kier molecular flexibility index (Phi) is 3.38. The maximum atomic E-state index is 8.90. The average molecular weight is 268 g/mol. The van der Waals surface area contributed by atoms with Crippen molar-refractivity contribution in [1.29, 1.82) is 5.26 Å². The van der Waals surface area contributed by atoms with Gasteiger partial charge in [0.15, 0.2) is 0 Å². The summed E-state index contributed by atoms with van der Waals surface area (Å²) < 4.78 is 5.55. The number of furan rings is 1. The van der Waals surface area contributed by atoms with Crippen LogP contribution in [0.1, 0.15) is 18.6 Å². The molecule has 0 aromatic carbocycles. The van der Waals surface area contributed by atoms with Crippen LogP contribution in [0.4, 0.5) is 5.95 Å². The highest BCUT2D eigenvalue weighted by Crippen LogP contribution is 2.23. The van der Waals surface area contributed by atoms with Crippen molar-refractivity contribution in [2.24, 2.45) is 5.92 Å². The van der Waals surface area contributed by atoms with E-state index in [0.29, 0.717) is 0 Å². The first-order valence-corrected chi connectivity index (χ1v) is 6.79. The predicted molar refractivity (Wildman–Crippen MR) is 75.0 cm³/mol. The summed E-state index contributed by atoms with van der Waals surface area (Å²) in [5, 5.41) is 8.90. The van der Waals surface area contributed by atoms with Crippen molar-refractivity contribution in [3.05, 3.63) is 30.3 Å². The molecule has 20 heavy (non-hydrogen) atoms. The summed E-state index contributed by atoms with van der Waals surface area (Å²) in [5.41, 5.74) is 0.883. The Morgan fingerprint density at radius 1 is 1.25 bits per heavy atom. The normalized spacial score (nSPS) is 16.1. The molecular formula is C15H16N4O. The van der Waals surface area contributed by atoms with Crippen molar-refractivity contribution in [2.75, 3.05) is 18.0 Å². The van der Waals surface area contributed by atoms with Crippen molar-refractivity contribution < 1.29 is 4.42 Å². The minimum atomic E-state index is 0.177. The van der Waals surface area contributed by atoms with E-state index in [-0.39, 0.29) is 5.92 Å². The van der Waals surface area contributed by atoms with Crippen LogP contribution in [0.2, 0.25) is 0 Å². The van der Waals surface area contributed by atoms with E-state index in [2.05, 4.69) is 20.9 Å². The van der Waals surface area contributed by atoms with E-state index >= 15 is 0 Å². The second-order valence-corrected chi connectivity index (χ2v) is 5.07. The summed E-state index contributed by atoms with van der Waals surface area (Å²) in [5.74, 6) is 2.57. The third-order valence-corrected chi connectivity index (χ3v) is 3.62. The molecule has 5 heteroatoms. The highest BCUT2D eigenvalue weighted by Gasteiger charge is 2.20. The molecule has 0 unspecified atom stereocenters. The van der Waals surface area contributed by atoms with Crippen molar-refractivity contribution in [1.82, 2.24) is 9.97 Å². The van der Waals surface area contributed by atoms with E-state index in [1.165, 1.54) is 0 Å². The average Bonchev–Trinajstić information content (AvgIpc) is 2.94. The molecule has 2 aromatic rings. The van der Waals surface area contributed by atoms with Crippen LogP contribution < -0.4 is 4.90 Å². The van der Waals surface area contributed by atoms with Gasteiger partial charge in [0, 0.05) is 31.4 Å². The van der Waals surface area contributed by atoms with E-state index in [1.54, 1.807) is 12.4 Å². The van der Waals surface area contributed by atoms with Crippen LogP contribution in [0.25, 0.3) is 11.3 Å². The first-order valence-electron chi connectivity index (χ1n) is 6.79. The van der Waals surface area contributed by atoms with Gasteiger partial charge in [0.1, 0.15) is 11.5 Å². The molecule has 1 saturated heterocycles. The number of anilines is 1. The van der Waals surface area contributed by atoms with Gasteiger partial charge >= 0.3 is 0 Å². The van der Waals surface area contributed by atoms with Gasteiger partial charge in [0.2, 0.25) is 5.95 Å². The Morgan fingerprint density at radius 2 is 1.95 bits per heavy atom. The van der Waals surface area contributed by atoms with Crippen LogP contribution in [0.5, 0.6) is 0 Å². The molecule has 1 aliphatic rings. The summed E-state index contributed by atoms with van der Waals surface area (Å²) in [6, 6.07) is 6.18. The lowest BCUT2D eigenvalue weighted by molar-refractivity contribution is 0.482. The molecular weight excluding hydrogens is 252 g/mol. The molecule has 0 aliphatic carbocycles. The fourth-order valence-electron chi connectivity index (χ4n) is 2.41. The van der Waals surface area contributed by atoms with Gasteiger partial charge in [0.25, 0.3) is 0 Å². The summed E-state index contributed by atoms with van der Waals surface area (Å²) in [4.78, 5) is 11.0. The van der Waals surface area contributed by atoms with Crippen LogP contribution in [-0.2, 0) is 0 Å². The van der Waals surface area contributed by atoms with E-state index in [9.17, 15) is 0 Å². The molecule has 0 atom stereocenters. The largest absolute Gasteiger partial charge is 0.461 e. The van der Waals surface area contributed by atoms with Gasteiger partial charge in [-0.2, -0.15) is 5.26 Å². The van der Waals surface area contributed by atoms with Crippen LogP contribution >= 0.6 is 0 Å². The Balaban J connectivity index is 1.72. The number of nitrogens with zero attached hydrogens (tertiary/aromatic N) is 4. The Hall–Kier alpha value is -2.35. The van der Waals surface area contributed by atoms with Crippen LogP contribution in [-0.4, -0.2) is 23.1 Å². The molecule has 102 valence electrons. The first kappa shape index (κ1) is 12.7. The number of rotatable bonds is 2. The van der Waals surface area contributed by atoms with Gasteiger partial charge in [-0.3, -0.25) is 0 Å². The third-order valence-electron chi connectivity index (χ3n) is 3.62. The van der Waals surface area contributed by atoms with E-state index in [4.69, 9.17) is 9.68 Å². The maximum absolute atomic E-state index is 8.90. The monoisotopic (exact) mass is 268 g/mol. The Morgan fingerprint density at radius 3 is 2.50 bits per heavy atom. The molecule has 0 bridgehead atoms. The van der Waals surface area contributed by atoms with Crippen molar-refractivity contribution in [3.8, 4) is 17.4 Å². The fourth-order valence-corrected chi connectivity index (χ4v) is 2.41. The zero-order valence-electron chi connectivity index (χ0n) is 11.4. The van der Waals surface area contributed by atoms with Gasteiger partial charge in [-0.1, -0.05) is 0 Å². The number of aryl methyl sites for hydroxylation is 1. The van der Waals surface area contributed by atoms with Crippen LogP contribution in [0.15, 0.2) is 28.9 Å². The van der Waals surface area contributed by atoms with Gasteiger partial charge in [-0.15, -0.1) is 0 Å². The summed E-state index contributed by atoms with van der Waals surface area (Å²) in [6.45, 7) is 3.60. The van der Waals surface area contributed by atoms with Crippen LogP contribution in [0, 0.1) is 24.2 Å². The van der Waals surface area contributed by atoms with Gasteiger partial charge in [-0.05, 0) is 31.9 Å². The lowest BCUT2D eigenvalue weighted by atomic mass is 9.99. The number of piperidine rings is 1. The first-order chi connectivity index (χ1) is 9.76. The zero-order chi connectivity index (χ0) is 13.9. The van der Waals surface area contributed by atoms with Gasteiger partial charge < -0.3 is 9.32 Å². The minimum absolute atomic E-state index is 0.177. The van der Waals surface area contributed by atoms with Crippen molar-refractivity contribution in [3.63, 3.8) is 0 Å². The predicted octanol–water partition coefficient (Wildman–Crippen LogP) is 2.79. The molecule has 0 radical (unpaired) electrons. The van der Waals surface area contributed by atoms with E-state index < -0.39 is 0 Å². The van der Waals surface area contributed by atoms with Gasteiger partial charge in [0.05, 0.1) is 11.6 Å². The number of hydrogen-bond acceptors (Lipinski definition) is 5. The Bertz CT molecular complexity index is 618. The number of hydrogen-bond donors (Lipinski definition) is 0. The highest BCUT2D eigenvalue weighted by molar-refractivity contribution is 5.56. The smallest absolute Gasteiger partial charge is 0.225 e. The van der Waals surface area contributed by atoms with Crippen LogP contribution in [0.3, 0.4) is 0 Å². The lowest BCUT2D eigenvalue weighted by Crippen LogP contribution is -2.34. The van der Waals surface area contributed by atoms with Crippen molar-refractivity contribution in [2.45, 2.75) is 19.8 Å². The van der Waals surface area contributed by atoms with Crippen molar-refractivity contribution >= 4 is 5.95 Å². The standard InChI is InChI=1S/C15H16N4O/c1-11-2-3-14(20-11)13-9-17-15(18-10-13)19-6-4-12(8-16)5-7-19/h2-3,9-10,12H,4-7H2,1H3. The molecule has 0 N–H and O–H groups in total. The third kappa shape index (κ3) is 2.50. The van der Waals surface area contributed by atoms with Gasteiger partial charge in [-0.25, -0.2) is 9.97 Å². The minimum Gasteiger partial charge on any atom is -0.461 e. The quantitative estimate of drug-likeness (QED) is 0.837. The number of nitriles is 1. The second-order valence-electron chi connectivity index (χ2n) is 5.07. The molecule has 0 saturated carbocycles. The summed E-state index contributed by atoms with van der Waals surface area (Å²) in [7, 11) is 0. The maximum Gasteiger partial charge on any atom is 0.225 e. The topological polar surface area (TPSA) is 66.0 Å². The van der Waals surface area contributed by atoms with E-state index in [0.717, 1.165) is 49.0 Å². The molecule has 1 aliphatic heterocycles. The number of aromatic nitrogens is 2. The summed E-state index contributed by atoms with van der Waals surface area (Å²) >= 11 is 0. The molecule has 2 aromatic heterocycles. The second kappa shape index (κ2) is 5.33. The molecule has 0 amide bonds. The molecule has 3 heterocycles. The fraction of sp³-hybridized carbons (Fsp3) is 0.400. The molecule has 0 spiro atoms. The molecule has 3 rings (SSSR count).